The third kappa shape index (κ3) is 3.49. The minimum Gasteiger partial charge on any atom is -0.494 e. The highest BCUT2D eigenvalue weighted by atomic mass is 16.5. The van der Waals surface area contributed by atoms with E-state index in [1.54, 1.807) is 0 Å². The van der Waals surface area contributed by atoms with E-state index in [0.29, 0.717) is 12.6 Å². The normalized spacial score (nSPS) is 17.5. The molecule has 1 N–H and O–H groups in total. The molecule has 4 rings (SSSR count). The van der Waals surface area contributed by atoms with Crippen molar-refractivity contribution >= 4 is 0 Å². The van der Waals surface area contributed by atoms with Crippen LogP contribution in [0.25, 0.3) is 11.3 Å². The summed E-state index contributed by atoms with van der Waals surface area (Å²) in [6, 6.07) is 8.53. The van der Waals surface area contributed by atoms with Crippen LogP contribution in [0.4, 0.5) is 0 Å². The Hall–Kier alpha value is -2.60. The number of aryl methyl sites for hydroxylation is 2. The highest BCUT2D eigenvalue weighted by Gasteiger charge is 2.31. The van der Waals surface area contributed by atoms with Gasteiger partial charge in [-0.2, -0.15) is 5.10 Å². The van der Waals surface area contributed by atoms with E-state index in [1.165, 1.54) is 17.5 Å². The molecule has 0 spiro atoms. The SMILES string of the molecule is CCOc1ccc(-c2[nH]ncc2CN2CCC[C@@H]2c2c(C)noc2C)cc1. The van der Waals surface area contributed by atoms with Gasteiger partial charge in [-0.25, -0.2) is 0 Å². The summed E-state index contributed by atoms with van der Waals surface area (Å²) in [6.07, 6.45) is 4.26. The molecular formula is C21H26N4O2. The quantitative estimate of drug-likeness (QED) is 0.699. The molecule has 1 aliphatic rings. The van der Waals surface area contributed by atoms with E-state index in [9.17, 15) is 0 Å². The van der Waals surface area contributed by atoms with Crippen molar-refractivity contribution in [1.29, 1.82) is 0 Å². The minimum atomic E-state index is 0.360. The van der Waals surface area contributed by atoms with Gasteiger partial charge in [0.1, 0.15) is 11.5 Å². The van der Waals surface area contributed by atoms with Gasteiger partial charge >= 0.3 is 0 Å². The van der Waals surface area contributed by atoms with Gasteiger partial charge in [-0.15, -0.1) is 0 Å². The Labute approximate surface area is 159 Å². The van der Waals surface area contributed by atoms with E-state index in [-0.39, 0.29) is 0 Å². The number of likely N-dealkylation sites (tertiary alicyclic amines) is 1. The first-order chi connectivity index (χ1) is 13.2. The average Bonchev–Trinajstić information content (AvgIpc) is 3.38. The van der Waals surface area contributed by atoms with Gasteiger partial charge in [-0.05, 0) is 64.4 Å². The van der Waals surface area contributed by atoms with Crippen molar-refractivity contribution in [2.24, 2.45) is 0 Å². The molecule has 0 bridgehead atoms. The number of aromatic amines is 1. The van der Waals surface area contributed by atoms with Gasteiger partial charge in [-0.1, -0.05) is 5.16 Å². The predicted octanol–water partition coefficient (Wildman–Crippen LogP) is 4.42. The fraction of sp³-hybridized carbons (Fsp3) is 0.429. The van der Waals surface area contributed by atoms with Crippen LogP contribution in [-0.2, 0) is 6.54 Å². The Balaban J connectivity index is 1.56. The van der Waals surface area contributed by atoms with E-state index < -0.39 is 0 Å². The smallest absolute Gasteiger partial charge is 0.138 e. The molecule has 1 atom stereocenters. The molecule has 2 aromatic heterocycles. The van der Waals surface area contributed by atoms with E-state index in [4.69, 9.17) is 9.26 Å². The van der Waals surface area contributed by atoms with Gasteiger partial charge in [0.05, 0.1) is 24.2 Å². The number of H-pyrrole nitrogens is 1. The predicted molar refractivity (Wildman–Crippen MR) is 104 cm³/mol. The highest BCUT2D eigenvalue weighted by Crippen LogP contribution is 2.37. The van der Waals surface area contributed by atoms with Crippen LogP contribution in [0.1, 0.15) is 48.4 Å². The van der Waals surface area contributed by atoms with E-state index in [0.717, 1.165) is 48.0 Å². The topological polar surface area (TPSA) is 67.2 Å². The third-order valence-corrected chi connectivity index (χ3v) is 5.33. The molecule has 1 aromatic carbocycles. The fourth-order valence-corrected chi connectivity index (χ4v) is 4.09. The first-order valence-corrected chi connectivity index (χ1v) is 9.59. The van der Waals surface area contributed by atoms with Crippen LogP contribution in [0.2, 0.25) is 0 Å². The lowest BCUT2D eigenvalue weighted by molar-refractivity contribution is 0.246. The lowest BCUT2D eigenvalue weighted by Gasteiger charge is -2.24. The van der Waals surface area contributed by atoms with Crippen molar-refractivity contribution in [2.75, 3.05) is 13.2 Å². The summed E-state index contributed by atoms with van der Waals surface area (Å²) in [5.41, 5.74) is 5.65. The summed E-state index contributed by atoms with van der Waals surface area (Å²) in [6.45, 7) is 8.63. The Bertz CT molecular complexity index is 878. The molecule has 27 heavy (non-hydrogen) atoms. The van der Waals surface area contributed by atoms with Gasteiger partial charge in [0.2, 0.25) is 0 Å². The maximum Gasteiger partial charge on any atom is 0.138 e. The minimum absolute atomic E-state index is 0.360. The molecule has 0 unspecified atom stereocenters. The molecule has 0 saturated carbocycles. The second kappa shape index (κ2) is 7.56. The van der Waals surface area contributed by atoms with Crippen LogP contribution < -0.4 is 4.74 Å². The molecule has 1 saturated heterocycles. The number of hydrogen-bond acceptors (Lipinski definition) is 5. The van der Waals surface area contributed by atoms with Crippen molar-refractivity contribution in [3.05, 3.63) is 53.0 Å². The summed E-state index contributed by atoms with van der Waals surface area (Å²) < 4.78 is 11.0. The fourth-order valence-electron chi connectivity index (χ4n) is 4.09. The lowest BCUT2D eigenvalue weighted by Crippen LogP contribution is -2.23. The van der Waals surface area contributed by atoms with Crippen molar-refractivity contribution in [1.82, 2.24) is 20.3 Å². The van der Waals surface area contributed by atoms with Gasteiger partial charge in [-0.3, -0.25) is 10.00 Å². The Morgan fingerprint density at radius 2 is 2.07 bits per heavy atom. The number of nitrogens with one attached hydrogen (secondary N) is 1. The Morgan fingerprint density at radius 3 is 2.78 bits per heavy atom. The number of nitrogens with zero attached hydrogens (tertiary/aromatic N) is 3. The van der Waals surface area contributed by atoms with Crippen LogP contribution >= 0.6 is 0 Å². The van der Waals surface area contributed by atoms with Crippen LogP contribution in [0.3, 0.4) is 0 Å². The summed E-state index contributed by atoms with van der Waals surface area (Å²) in [7, 11) is 0. The van der Waals surface area contributed by atoms with Crippen LogP contribution in [0.5, 0.6) is 5.75 Å². The molecule has 6 heteroatoms. The molecule has 0 amide bonds. The van der Waals surface area contributed by atoms with Crippen LogP contribution in [0, 0.1) is 13.8 Å². The van der Waals surface area contributed by atoms with Gasteiger partial charge in [0.15, 0.2) is 0 Å². The second-order valence-electron chi connectivity index (χ2n) is 7.09. The van der Waals surface area contributed by atoms with Crippen molar-refractivity contribution in [3.8, 4) is 17.0 Å². The van der Waals surface area contributed by atoms with Gasteiger partial charge < -0.3 is 9.26 Å². The third-order valence-electron chi connectivity index (χ3n) is 5.33. The Kier molecular flexibility index (Phi) is 4.99. The van der Waals surface area contributed by atoms with E-state index in [2.05, 4.69) is 32.4 Å². The molecule has 1 fully saturated rings. The molecule has 6 nitrogen and oxygen atoms in total. The number of benzene rings is 1. The van der Waals surface area contributed by atoms with Crippen LogP contribution in [-0.4, -0.2) is 33.4 Å². The maximum atomic E-state index is 5.54. The number of ether oxygens (including phenoxy) is 1. The van der Waals surface area contributed by atoms with Gasteiger partial charge in [0.25, 0.3) is 0 Å². The molecule has 0 radical (unpaired) electrons. The summed E-state index contributed by atoms with van der Waals surface area (Å²) in [5, 5.41) is 11.6. The van der Waals surface area contributed by atoms with Crippen molar-refractivity contribution < 1.29 is 9.26 Å². The van der Waals surface area contributed by atoms with Gasteiger partial charge in [0, 0.05) is 29.3 Å². The van der Waals surface area contributed by atoms with Crippen molar-refractivity contribution in [3.63, 3.8) is 0 Å². The first-order valence-electron chi connectivity index (χ1n) is 9.59. The summed E-state index contributed by atoms with van der Waals surface area (Å²) in [5.74, 6) is 1.82. The van der Waals surface area contributed by atoms with E-state index in [1.807, 2.05) is 39.1 Å². The summed E-state index contributed by atoms with van der Waals surface area (Å²) in [4.78, 5) is 2.51. The molecule has 3 heterocycles. The number of aromatic nitrogens is 3. The number of rotatable bonds is 6. The first kappa shape index (κ1) is 17.8. The zero-order valence-electron chi connectivity index (χ0n) is 16.2. The highest BCUT2D eigenvalue weighted by molar-refractivity contribution is 5.63. The Morgan fingerprint density at radius 1 is 1.26 bits per heavy atom. The maximum absolute atomic E-state index is 5.54. The molecule has 0 aliphatic carbocycles. The van der Waals surface area contributed by atoms with Crippen LogP contribution in [0.15, 0.2) is 35.0 Å². The monoisotopic (exact) mass is 366 g/mol. The summed E-state index contributed by atoms with van der Waals surface area (Å²) >= 11 is 0. The molecular weight excluding hydrogens is 340 g/mol. The second-order valence-corrected chi connectivity index (χ2v) is 7.09. The molecule has 1 aliphatic heterocycles. The zero-order valence-corrected chi connectivity index (χ0v) is 16.2. The molecule has 3 aromatic rings. The zero-order chi connectivity index (χ0) is 18.8. The standard InChI is InChI=1S/C21H26N4O2/c1-4-26-18-9-7-16(8-10-18)21-17(12-22-23-21)13-25-11-5-6-19(25)20-14(2)24-27-15(20)3/h7-10,12,19H,4-6,11,13H2,1-3H3,(H,22,23)/t19-/m1/s1. The van der Waals surface area contributed by atoms with E-state index >= 15 is 0 Å². The number of hydrogen-bond donors (Lipinski definition) is 1. The molecule has 142 valence electrons. The largest absolute Gasteiger partial charge is 0.494 e. The van der Waals surface area contributed by atoms with Crippen molar-refractivity contribution in [2.45, 2.75) is 46.2 Å². The lowest BCUT2D eigenvalue weighted by atomic mass is 10.0. The average molecular weight is 366 g/mol.